The van der Waals surface area contributed by atoms with Crippen molar-refractivity contribution < 1.29 is 9.90 Å². The Morgan fingerprint density at radius 2 is 1.67 bits per heavy atom. The number of aryl methyl sites for hydroxylation is 1. The van der Waals surface area contributed by atoms with Gasteiger partial charge in [-0.2, -0.15) is 0 Å². The molecule has 3 rings (SSSR count). The van der Waals surface area contributed by atoms with Crippen molar-refractivity contribution in [1.29, 1.82) is 0 Å². The van der Waals surface area contributed by atoms with Gasteiger partial charge in [0.25, 0.3) is 0 Å². The smallest absolute Gasteiger partial charge is 0.224 e. The monoisotopic (exact) mass is 339 g/mol. The Morgan fingerprint density at radius 1 is 0.958 bits per heavy atom. The van der Waals surface area contributed by atoms with Crippen LogP contribution in [0, 0.1) is 0 Å². The minimum Gasteiger partial charge on any atom is -0.507 e. The zero-order valence-electron chi connectivity index (χ0n) is 13.1. The van der Waals surface area contributed by atoms with Crippen molar-refractivity contribution >= 4 is 34.0 Å². The topological polar surface area (TPSA) is 49.3 Å². The molecular weight excluding hydrogens is 322 g/mol. The fourth-order valence-corrected chi connectivity index (χ4v) is 2.85. The summed E-state index contributed by atoms with van der Waals surface area (Å²) in [5.74, 6) is 0.186. The van der Waals surface area contributed by atoms with Gasteiger partial charge in [-0.1, -0.05) is 48.0 Å². The first-order valence-corrected chi connectivity index (χ1v) is 8.26. The number of phenolic OH excluding ortho intramolecular Hbond substituents is 1. The summed E-state index contributed by atoms with van der Waals surface area (Å²) in [5.41, 5.74) is 1.89. The van der Waals surface area contributed by atoms with Crippen LogP contribution >= 0.6 is 11.6 Å². The van der Waals surface area contributed by atoms with E-state index in [-0.39, 0.29) is 11.7 Å². The third-order valence-electron chi connectivity index (χ3n) is 3.96. The van der Waals surface area contributed by atoms with Crippen LogP contribution in [0.1, 0.15) is 18.4 Å². The number of aromatic hydroxyl groups is 1. The van der Waals surface area contributed by atoms with Gasteiger partial charge in [0.1, 0.15) is 5.75 Å². The van der Waals surface area contributed by atoms with Gasteiger partial charge in [0.2, 0.25) is 5.91 Å². The van der Waals surface area contributed by atoms with Crippen LogP contribution in [-0.4, -0.2) is 11.0 Å². The van der Waals surface area contributed by atoms with E-state index in [0.717, 1.165) is 34.3 Å². The van der Waals surface area contributed by atoms with Gasteiger partial charge >= 0.3 is 0 Å². The first-order valence-electron chi connectivity index (χ1n) is 7.88. The number of halogens is 1. The summed E-state index contributed by atoms with van der Waals surface area (Å²) in [5, 5.41) is 15.1. The molecule has 0 bridgehead atoms. The van der Waals surface area contributed by atoms with Crippen molar-refractivity contribution in [3.63, 3.8) is 0 Å². The Labute approximate surface area is 145 Å². The number of hydrogen-bond acceptors (Lipinski definition) is 2. The van der Waals surface area contributed by atoms with Crippen LogP contribution in [0.5, 0.6) is 5.75 Å². The van der Waals surface area contributed by atoms with Gasteiger partial charge in [0.15, 0.2) is 0 Å². The van der Waals surface area contributed by atoms with Crippen molar-refractivity contribution in [2.45, 2.75) is 19.3 Å². The molecule has 0 saturated heterocycles. The Kier molecular flexibility index (Phi) is 5.02. The number of hydrogen-bond donors (Lipinski definition) is 2. The summed E-state index contributed by atoms with van der Waals surface area (Å²) in [4.78, 5) is 12.2. The Balaban J connectivity index is 1.61. The molecule has 2 N–H and O–H groups in total. The molecule has 0 aliphatic carbocycles. The van der Waals surface area contributed by atoms with Gasteiger partial charge in [0, 0.05) is 27.9 Å². The summed E-state index contributed by atoms with van der Waals surface area (Å²) < 4.78 is 0. The van der Waals surface area contributed by atoms with Crippen LogP contribution in [0.4, 0.5) is 5.69 Å². The summed E-state index contributed by atoms with van der Waals surface area (Å²) in [6, 6.07) is 18.5. The second-order valence-electron chi connectivity index (χ2n) is 5.71. The number of phenols is 1. The molecule has 3 nitrogen and oxygen atoms in total. The number of amides is 1. The second-order valence-corrected chi connectivity index (χ2v) is 6.14. The lowest BCUT2D eigenvalue weighted by atomic mass is 10.1. The fraction of sp³-hybridized carbons (Fsp3) is 0.150. The molecule has 0 aromatic heterocycles. The van der Waals surface area contributed by atoms with Crippen LogP contribution in [0.15, 0.2) is 60.7 Å². The summed E-state index contributed by atoms with van der Waals surface area (Å²) in [6.45, 7) is 0. The molecule has 0 aliphatic heterocycles. The van der Waals surface area contributed by atoms with Gasteiger partial charge in [-0.15, -0.1) is 0 Å². The molecule has 3 aromatic carbocycles. The number of anilines is 1. The van der Waals surface area contributed by atoms with E-state index < -0.39 is 0 Å². The summed E-state index contributed by atoms with van der Waals surface area (Å²) in [6.07, 6.45) is 2.04. The van der Waals surface area contributed by atoms with Gasteiger partial charge in [-0.25, -0.2) is 0 Å². The van der Waals surface area contributed by atoms with Crippen molar-refractivity contribution in [3.8, 4) is 5.75 Å². The van der Waals surface area contributed by atoms with E-state index in [2.05, 4.69) is 5.32 Å². The highest BCUT2D eigenvalue weighted by molar-refractivity contribution is 6.30. The average Bonchev–Trinajstić information content (AvgIpc) is 2.58. The number of fused-ring (bicyclic) bond motifs is 1. The highest BCUT2D eigenvalue weighted by Gasteiger charge is 2.07. The summed E-state index contributed by atoms with van der Waals surface area (Å²) in [7, 11) is 0. The SMILES string of the molecule is O=C(CCCc1ccc(Cl)cc1)Nc1cccc2c(O)cccc12. The molecule has 0 unspecified atom stereocenters. The van der Waals surface area contributed by atoms with Gasteiger partial charge < -0.3 is 10.4 Å². The largest absolute Gasteiger partial charge is 0.507 e. The number of carbonyl (C=O) groups excluding carboxylic acids is 1. The van der Waals surface area contributed by atoms with E-state index in [1.54, 1.807) is 12.1 Å². The molecule has 3 aromatic rings. The maximum absolute atomic E-state index is 12.2. The maximum Gasteiger partial charge on any atom is 0.224 e. The summed E-state index contributed by atoms with van der Waals surface area (Å²) >= 11 is 5.86. The second kappa shape index (κ2) is 7.37. The van der Waals surface area contributed by atoms with Crippen LogP contribution in [0.2, 0.25) is 5.02 Å². The fourth-order valence-electron chi connectivity index (χ4n) is 2.72. The molecule has 122 valence electrons. The third-order valence-corrected chi connectivity index (χ3v) is 4.21. The zero-order valence-corrected chi connectivity index (χ0v) is 13.9. The standard InChI is InChI=1S/C20H18ClNO2/c21-15-12-10-14(11-13-15)4-1-9-20(24)22-18-7-2-6-17-16(18)5-3-8-19(17)23/h2-3,5-8,10-13,23H,1,4,9H2,(H,22,24). The minimum atomic E-state index is -0.0280. The lowest BCUT2D eigenvalue weighted by Crippen LogP contribution is -2.11. The average molecular weight is 340 g/mol. The molecule has 0 radical (unpaired) electrons. The highest BCUT2D eigenvalue weighted by Crippen LogP contribution is 2.29. The Morgan fingerprint density at radius 3 is 2.46 bits per heavy atom. The van der Waals surface area contributed by atoms with Crippen LogP contribution < -0.4 is 5.32 Å². The molecule has 4 heteroatoms. The quantitative estimate of drug-likeness (QED) is 0.674. The predicted octanol–water partition coefficient (Wildman–Crippen LogP) is 5.16. The van der Waals surface area contributed by atoms with Gasteiger partial charge in [-0.05, 0) is 42.7 Å². The number of benzene rings is 3. The van der Waals surface area contributed by atoms with Crippen molar-refractivity contribution in [3.05, 3.63) is 71.2 Å². The van der Waals surface area contributed by atoms with Crippen LogP contribution in [-0.2, 0) is 11.2 Å². The van der Waals surface area contributed by atoms with Gasteiger partial charge in [-0.3, -0.25) is 4.79 Å². The predicted molar refractivity (Wildman–Crippen MR) is 98.6 cm³/mol. The number of carbonyl (C=O) groups is 1. The normalized spacial score (nSPS) is 10.7. The zero-order chi connectivity index (χ0) is 16.9. The Bertz CT molecular complexity index is 859. The maximum atomic E-state index is 12.2. The van der Waals surface area contributed by atoms with Crippen LogP contribution in [0.3, 0.4) is 0 Å². The van der Waals surface area contributed by atoms with E-state index in [1.165, 1.54) is 5.56 Å². The molecule has 1 amide bonds. The molecule has 0 aliphatic rings. The highest BCUT2D eigenvalue weighted by atomic mass is 35.5. The van der Waals surface area contributed by atoms with Crippen molar-refractivity contribution in [2.75, 3.05) is 5.32 Å². The van der Waals surface area contributed by atoms with Crippen LogP contribution in [0.25, 0.3) is 10.8 Å². The third kappa shape index (κ3) is 3.87. The minimum absolute atomic E-state index is 0.0280. The number of rotatable bonds is 5. The molecular formula is C20H18ClNO2. The molecule has 0 heterocycles. The molecule has 0 saturated carbocycles. The first-order chi connectivity index (χ1) is 11.6. The van der Waals surface area contributed by atoms with E-state index >= 15 is 0 Å². The molecule has 0 fully saturated rings. The molecule has 0 spiro atoms. The first kappa shape index (κ1) is 16.3. The van der Waals surface area contributed by atoms with Gasteiger partial charge in [0.05, 0.1) is 0 Å². The van der Waals surface area contributed by atoms with Crippen molar-refractivity contribution in [2.24, 2.45) is 0 Å². The van der Waals surface area contributed by atoms with E-state index in [1.807, 2.05) is 48.5 Å². The van der Waals surface area contributed by atoms with E-state index in [0.29, 0.717) is 6.42 Å². The number of nitrogens with one attached hydrogen (secondary N) is 1. The van der Waals surface area contributed by atoms with E-state index in [4.69, 9.17) is 11.6 Å². The lowest BCUT2D eigenvalue weighted by Gasteiger charge is -2.09. The molecule has 24 heavy (non-hydrogen) atoms. The lowest BCUT2D eigenvalue weighted by molar-refractivity contribution is -0.116. The van der Waals surface area contributed by atoms with E-state index in [9.17, 15) is 9.90 Å². The Hall–Kier alpha value is -2.52. The van der Waals surface area contributed by atoms with Crippen molar-refractivity contribution in [1.82, 2.24) is 0 Å². The molecule has 0 atom stereocenters.